The summed E-state index contributed by atoms with van der Waals surface area (Å²) in [5.41, 5.74) is -3.44. The fourth-order valence-electron chi connectivity index (χ4n) is 4.00. The van der Waals surface area contributed by atoms with Crippen molar-refractivity contribution < 1.29 is 50.5 Å². The van der Waals surface area contributed by atoms with E-state index in [-0.39, 0.29) is 16.9 Å². The lowest BCUT2D eigenvalue weighted by Crippen LogP contribution is -2.51. The van der Waals surface area contributed by atoms with Gasteiger partial charge in [-0.05, 0) is 25.1 Å². The highest BCUT2D eigenvalue weighted by molar-refractivity contribution is 5.96. The number of nitrogens with one attached hydrogen (secondary N) is 1. The number of hydrogen-bond donors (Lipinski definition) is 1. The van der Waals surface area contributed by atoms with Crippen LogP contribution in [0.4, 0.5) is 27.6 Å². The summed E-state index contributed by atoms with van der Waals surface area (Å²) in [7, 11) is 3.09. The first-order valence-corrected chi connectivity index (χ1v) is 10.0. The standard InChI is InChI=1S/C22H21F5N2O6/c1-21(22(25,26)27)18(33-3)14(11-5-6-12(23)15(24)16(11)32-2)17(35-21)19(30)29-10-7-8-28-13(9-10)20(31)34-4/h5-9,14,17-18H,1-4H3,(H,28,29,30)/t14-,17+,18-,21+/m0/s1. The third kappa shape index (κ3) is 4.65. The number of carbonyl (C=O) groups is 2. The number of rotatable bonds is 6. The maximum Gasteiger partial charge on any atom is 0.419 e. The van der Waals surface area contributed by atoms with Gasteiger partial charge in [0.15, 0.2) is 17.2 Å². The average molecular weight is 504 g/mol. The number of methoxy groups -OCH3 is 3. The molecule has 4 atom stereocenters. The fraction of sp³-hybridized carbons (Fsp3) is 0.409. The van der Waals surface area contributed by atoms with Gasteiger partial charge < -0.3 is 24.3 Å². The Hall–Kier alpha value is -3.32. The van der Waals surface area contributed by atoms with E-state index in [9.17, 15) is 31.5 Å². The molecule has 13 heteroatoms. The Balaban J connectivity index is 2.10. The van der Waals surface area contributed by atoms with Crippen molar-refractivity contribution in [1.29, 1.82) is 0 Å². The monoisotopic (exact) mass is 504 g/mol. The zero-order chi connectivity index (χ0) is 26.1. The number of nitrogens with zero attached hydrogens (tertiary/aromatic N) is 1. The third-order valence-corrected chi connectivity index (χ3v) is 5.71. The minimum absolute atomic E-state index is 0.000389. The molecular weight excluding hydrogens is 483 g/mol. The first-order chi connectivity index (χ1) is 16.4. The highest BCUT2D eigenvalue weighted by Gasteiger charge is 2.68. The number of ether oxygens (including phenoxy) is 4. The lowest BCUT2D eigenvalue weighted by atomic mass is 9.82. The molecule has 190 valence electrons. The summed E-state index contributed by atoms with van der Waals surface area (Å²) in [6, 6.07) is 4.12. The van der Waals surface area contributed by atoms with Crippen molar-refractivity contribution in [2.24, 2.45) is 0 Å². The molecule has 0 spiro atoms. The molecule has 1 amide bonds. The van der Waals surface area contributed by atoms with Gasteiger partial charge in [-0.1, -0.05) is 6.07 Å². The van der Waals surface area contributed by atoms with E-state index >= 15 is 0 Å². The largest absolute Gasteiger partial charge is 0.493 e. The SMILES string of the molecule is COC(=O)c1cc(NC(=O)[C@@H]2O[C@@](C)(C(F)(F)F)[C@@H](OC)[C@H]2c2ccc(F)c(F)c2OC)ccn1. The Labute approximate surface area is 196 Å². The van der Waals surface area contributed by atoms with Crippen LogP contribution in [0.15, 0.2) is 30.5 Å². The van der Waals surface area contributed by atoms with Crippen molar-refractivity contribution in [3.05, 3.63) is 53.4 Å². The summed E-state index contributed by atoms with van der Waals surface area (Å²) in [5.74, 6) is -6.90. The molecule has 8 nitrogen and oxygen atoms in total. The fourth-order valence-corrected chi connectivity index (χ4v) is 4.00. The Morgan fingerprint density at radius 2 is 1.83 bits per heavy atom. The van der Waals surface area contributed by atoms with Crippen molar-refractivity contribution in [3.8, 4) is 5.75 Å². The predicted octanol–water partition coefficient (Wildman–Crippen LogP) is 3.61. The van der Waals surface area contributed by atoms with Crippen LogP contribution in [0.1, 0.15) is 28.9 Å². The van der Waals surface area contributed by atoms with Gasteiger partial charge in [0, 0.05) is 24.6 Å². The van der Waals surface area contributed by atoms with Crippen LogP contribution >= 0.6 is 0 Å². The second-order valence-electron chi connectivity index (χ2n) is 7.72. The van der Waals surface area contributed by atoms with E-state index < -0.39 is 59.2 Å². The van der Waals surface area contributed by atoms with Crippen LogP contribution in [0.5, 0.6) is 5.75 Å². The van der Waals surface area contributed by atoms with Crippen LogP contribution < -0.4 is 10.1 Å². The Bertz CT molecular complexity index is 1130. The van der Waals surface area contributed by atoms with Crippen molar-refractivity contribution in [2.75, 3.05) is 26.6 Å². The molecule has 1 aromatic carbocycles. The summed E-state index contributed by atoms with van der Waals surface area (Å²) in [4.78, 5) is 28.7. The molecule has 1 aliphatic heterocycles. The summed E-state index contributed by atoms with van der Waals surface area (Å²) >= 11 is 0. The normalized spacial score (nSPS) is 24.2. The van der Waals surface area contributed by atoms with Gasteiger partial charge in [0.2, 0.25) is 5.82 Å². The number of carbonyl (C=O) groups excluding carboxylic acids is 2. The van der Waals surface area contributed by atoms with Crippen LogP contribution in [0.3, 0.4) is 0 Å². The molecular formula is C22H21F5N2O6. The Kier molecular flexibility index (Phi) is 7.31. The Morgan fingerprint density at radius 1 is 1.14 bits per heavy atom. The Morgan fingerprint density at radius 3 is 2.40 bits per heavy atom. The number of alkyl halides is 3. The topological polar surface area (TPSA) is 96.0 Å². The van der Waals surface area contributed by atoms with E-state index in [1.165, 1.54) is 12.3 Å². The molecule has 1 N–H and O–H groups in total. The van der Waals surface area contributed by atoms with Gasteiger partial charge >= 0.3 is 12.1 Å². The maximum atomic E-state index is 14.4. The molecule has 1 aliphatic rings. The third-order valence-electron chi connectivity index (χ3n) is 5.71. The van der Waals surface area contributed by atoms with Gasteiger partial charge in [0.25, 0.3) is 5.91 Å². The second-order valence-corrected chi connectivity index (χ2v) is 7.72. The smallest absolute Gasteiger partial charge is 0.419 e. The summed E-state index contributed by atoms with van der Waals surface area (Å²) in [6.07, 6.45) is -7.58. The van der Waals surface area contributed by atoms with Crippen molar-refractivity contribution in [3.63, 3.8) is 0 Å². The van der Waals surface area contributed by atoms with Gasteiger partial charge in [-0.15, -0.1) is 0 Å². The molecule has 1 saturated heterocycles. The van der Waals surface area contributed by atoms with Crippen LogP contribution in [0.2, 0.25) is 0 Å². The molecule has 1 fully saturated rings. The average Bonchev–Trinajstić information content (AvgIpc) is 3.13. The zero-order valence-electron chi connectivity index (χ0n) is 18.9. The summed E-state index contributed by atoms with van der Waals surface area (Å²) in [5, 5.41) is 2.36. The lowest BCUT2D eigenvalue weighted by Gasteiger charge is -2.33. The van der Waals surface area contributed by atoms with Gasteiger partial charge in [-0.3, -0.25) is 4.79 Å². The van der Waals surface area contributed by atoms with Gasteiger partial charge in [-0.2, -0.15) is 17.6 Å². The molecule has 1 aromatic heterocycles. The van der Waals surface area contributed by atoms with E-state index in [4.69, 9.17) is 14.2 Å². The molecule has 0 bridgehead atoms. The molecule has 0 aliphatic carbocycles. The minimum Gasteiger partial charge on any atom is -0.493 e. The zero-order valence-corrected chi connectivity index (χ0v) is 18.9. The number of anilines is 1. The van der Waals surface area contributed by atoms with Gasteiger partial charge in [-0.25, -0.2) is 14.2 Å². The number of amides is 1. The second kappa shape index (κ2) is 9.74. The first-order valence-electron chi connectivity index (χ1n) is 10.0. The number of halogens is 5. The molecule has 2 aromatic rings. The van der Waals surface area contributed by atoms with Crippen LogP contribution in [0.25, 0.3) is 0 Å². The van der Waals surface area contributed by atoms with Crippen LogP contribution in [-0.2, 0) is 19.0 Å². The van der Waals surface area contributed by atoms with E-state index in [0.717, 1.165) is 33.5 Å². The van der Waals surface area contributed by atoms with Crippen molar-refractivity contribution >= 4 is 17.6 Å². The number of benzene rings is 1. The molecule has 0 unspecified atom stereocenters. The number of hydrogen-bond acceptors (Lipinski definition) is 7. The summed E-state index contributed by atoms with van der Waals surface area (Å²) in [6.45, 7) is 0.690. The highest BCUT2D eigenvalue weighted by Crippen LogP contribution is 2.52. The van der Waals surface area contributed by atoms with Crippen LogP contribution in [0, 0.1) is 11.6 Å². The first kappa shape index (κ1) is 26.3. The lowest BCUT2D eigenvalue weighted by molar-refractivity contribution is -0.283. The molecule has 0 radical (unpaired) electrons. The quantitative estimate of drug-likeness (QED) is 0.474. The molecule has 2 heterocycles. The van der Waals surface area contributed by atoms with E-state index in [2.05, 4.69) is 15.0 Å². The van der Waals surface area contributed by atoms with E-state index in [1.54, 1.807) is 0 Å². The van der Waals surface area contributed by atoms with E-state index in [0.29, 0.717) is 13.0 Å². The maximum absolute atomic E-state index is 14.4. The highest BCUT2D eigenvalue weighted by atomic mass is 19.4. The van der Waals surface area contributed by atoms with E-state index in [1.807, 2.05) is 0 Å². The molecule has 0 saturated carbocycles. The van der Waals surface area contributed by atoms with Gasteiger partial charge in [0.1, 0.15) is 17.9 Å². The molecule has 3 rings (SSSR count). The predicted molar refractivity (Wildman–Crippen MR) is 110 cm³/mol. The molecule has 35 heavy (non-hydrogen) atoms. The van der Waals surface area contributed by atoms with Gasteiger partial charge in [0.05, 0.1) is 20.1 Å². The number of pyridine rings is 1. The number of esters is 1. The van der Waals surface area contributed by atoms with Crippen molar-refractivity contribution in [2.45, 2.75) is 36.8 Å². The summed E-state index contributed by atoms with van der Waals surface area (Å²) < 4.78 is 90.3. The van der Waals surface area contributed by atoms with Crippen molar-refractivity contribution in [1.82, 2.24) is 4.98 Å². The van der Waals surface area contributed by atoms with Crippen LogP contribution in [-0.4, -0.2) is 62.2 Å². The number of aromatic nitrogens is 1. The minimum atomic E-state index is -5.01.